The van der Waals surface area contributed by atoms with E-state index in [2.05, 4.69) is 22.9 Å². The molecule has 0 aliphatic rings. The predicted molar refractivity (Wildman–Crippen MR) is 92.8 cm³/mol. The number of nitrogens with two attached hydrogens (primary N) is 1. The highest BCUT2D eigenvalue weighted by atomic mass is 79.9. The molecule has 0 aliphatic heterocycles. The Morgan fingerprint density at radius 1 is 1.33 bits per heavy atom. The van der Waals surface area contributed by atoms with Crippen LogP contribution in [0.2, 0.25) is 0 Å². The summed E-state index contributed by atoms with van der Waals surface area (Å²) >= 11 is 5.12. The monoisotopic (exact) mass is 364 g/mol. The highest BCUT2D eigenvalue weighted by Crippen LogP contribution is 2.33. The minimum absolute atomic E-state index is 0.0235. The normalized spacial score (nSPS) is 10.4. The lowest BCUT2D eigenvalue weighted by molar-refractivity contribution is 0.479. The summed E-state index contributed by atoms with van der Waals surface area (Å²) in [6.07, 6.45) is 0. The number of halogens is 1. The van der Waals surface area contributed by atoms with Crippen molar-refractivity contribution in [2.24, 2.45) is 5.73 Å². The van der Waals surface area contributed by atoms with Gasteiger partial charge in [-0.3, -0.25) is 5.41 Å². The number of nitrogen functional groups attached to an aromatic ring is 1. The molecule has 21 heavy (non-hydrogen) atoms. The van der Waals surface area contributed by atoms with Gasteiger partial charge in [0.2, 0.25) is 0 Å². The average molecular weight is 365 g/mol. The topological polar surface area (TPSA) is 59.1 Å². The number of ether oxygens (including phenoxy) is 1. The molecule has 3 N–H and O–H groups in total. The van der Waals surface area contributed by atoms with Gasteiger partial charge in [0.1, 0.15) is 17.3 Å². The maximum Gasteiger partial charge on any atom is 0.139 e. The number of rotatable bonds is 5. The van der Waals surface area contributed by atoms with Crippen LogP contribution in [-0.2, 0) is 0 Å². The molecule has 5 heteroatoms. The summed E-state index contributed by atoms with van der Waals surface area (Å²) in [4.78, 5) is 0.969. The summed E-state index contributed by atoms with van der Waals surface area (Å²) in [6.45, 7) is 4.08. The van der Waals surface area contributed by atoms with E-state index in [9.17, 15) is 0 Å². The van der Waals surface area contributed by atoms with E-state index in [4.69, 9.17) is 15.9 Å². The van der Waals surface area contributed by atoms with Crippen molar-refractivity contribution in [1.29, 1.82) is 5.41 Å². The number of hydrogen-bond donors (Lipinski definition) is 2. The summed E-state index contributed by atoms with van der Waals surface area (Å²) < 4.78 is 6.98. The first-order chi connectivity index (χ1) is 10.0. The molecule has 0 amide bonds. The summed E-state index contributed by atoms with van der Waals surface area (Å²) in [5.74, 6) is 2.29. The lowest BCUT2D eigenvalue weighted by Crippen LogP contribution is -2.13. The Morgan fingerprint density at radius 3 is 2.71 bits per heavy atom. The molecule has 2 aromatic carbocycles. The minimum atomic E-state index is 0.0235. The highest BCUT2D eigenvalue weighted by Gasteiger charge is 2.13. The van der Waals surface area contributed by atoms with Crippen molar-refractivity contribution in [2.75, 3.05) is 5.75 Å². The van der Waals surface area contributed by atoms with E-state index in [0.717, 1.165) is 26.4 Å². The molecule has 0 unspecified atom stereocenters. The van der Waals surface area contributed by atoms with Crippen LogP contribution in [0.3, 0.4) is 0 Å². The first kappa shape index (κ1) is 15.9. The molecular weight excluding hydrogens is 348 g/mol. The number of amidine groups is 1. The van der Waals surface area contributed by atoms with Gasteiger partial charge in [0.05, 0.1) is 5.56 Å². The minimum Gasteiger partial charge on any atom is -0.457 e. The lowest BCUT2D eigenvalue weighted by Gasteiger charge is -2.14. The van der Waals surface area contributed by atoms with E-state index < -0.39 is 0 Å². The second kappa shape index (κ2) is 7.00. The molecule has 3 nitrogen and oxygen atoms in total. The Bertz CT molecular complexity index is 673. The molecule has 110 valence electrons. The van der Waals surface area contributed by atoms with Crippen LogP contribution in [0.5, 0.6) is 11.5 Å². The van der Waals surface area contributed by atoms with Crippen molar-refractivity contribution in [1.82, 2.24) is 0 Å². The second-order valence-electron chi connectivity index (χ2n) is 4.49. The molecule has 0 atom stereocenters. The molecule has 0 heterocycles. The van der Waals surface area contributed by atoms with Crippen molar-refractivity contribution in [3.8, 4) is 11.5 Å². The van der Waals surface area contributed by atoms with Gasteiger partial charge in [-0.1, -0.05) is 28.9 Å². The van der Waals surface area contributed by atoms with Crippen LogP contribution in [0.25, 0.3) is 0 Å². The van der Waals surface area contributed by atoms with Crippen molar-refractivity contribution < 1.29 is 4.74 Å². The standard InChI is InChI=1S/C16H17BrN2OS/c1-3-21-14-6-4-5-13(15(14)16(18)19)20-11-7-8-12(17)10(2)9-11/h4-9H,3H2,1-2H3,(H3,18,19). The molecule has 0 fully saturated rings. The zero-order chi connectivity index (χ0) is 15.4. The quantitative estimate of drug-likeness (QED) is 0.448. The van der Waals surface area contributed by atoms with Gasteiger partial charge in [0.15, 0.2) is 0 Å². The van der Waals surface area contributed by atoms with Crippen LogP contribution in [0, 0.1) is 12.3 Å². The highest BCUT2D eigenvalue weighted by molar-refractivity contribution is 9.10. The zero-order valence-electron chi connectivity index (χ0n) is 11.9. The molecule has 0 aromatic heterocycles. The van der Waals surface area contributed by atoms with Crippen LogP contribution in [-0.4, -0.2) is 11.6 Å². The molecular formula is C16H17BrN2OS. The molecule has 0 saturated carbocycles. The van der Waals surface area contributed by atoms with Gasteiger partial charge >= 0.3 is 0 Å². The fourth-order valence-electron chi connectivity index (χ4n) is 1.94. The third-order valence-corrected chi connectivity index (χ3v) is 4.74. The molecule has 0 aliphatic carbocycles. The van der Waals surface area contributed by atoms with Crippen molar-refractivity contribution in [3.05, 3.63) is 52.0 Å². The molecule has 0 saturated heterocycles. The van der Waals surface area contributed by atoms with Gasteiger partial charge in [-0.2, -0.15) is 0 Å². The first-order valence-electron chi connectivity index (χ1n) is 6.57. The first-order valence-corrected chi connectivity index (χ1v) is 8.35. The van der Waals surface area contributed by atoms with E-state index in [-0.39, 0.29) is 5.84 Å². The molecule has 2 aromatic rings. The van der Waals surface area contributed by atoms with E-state index in [0.29, 0.717) is 11.3 Å². The van der Waals surface area contributed by atoms with Gasteiger partial charge in [-0.25, -0.2) is 0 Å². The fourth-order valence-corrected chi connectivity index (χ4v) is 3.03. The van der Waals surface area contributed by atoms with Crippen LogP contribution in [0.4, 0.5) is 0 Å². The molecule has 0 spiro atoms. The molecule has 0 radical (unpaired) electrons. The SMILES string of the molecule is CCSc1cccc(Oc2ccc(Br)c(C)c2)c1C(=N)N. The van der Waals surface area contributed by atoms with Crippen molar-refractivity contribution >= 4 is 33.5 Å². The molecule has 0 bridgehead atoms. The summed E-state index contributed by atoms with van der Waals surface area (Å²) in [6, 6.07) is 11.5. The van der Waals surface area contributed by atoms with Crippen LogP contribution < -0.4 is 10.5 Å². The largest absolute Gasteiger partial charge is 0.457 e. The van der Waals surface area contributed by atoms with Crippen LogP contribution in [0.1, 0.15) is 18.1 Å². The Hall–Kier alpha value is -1.46. The van der Waals surface area contributed by atoms with Crippen molar-refractivity contribution in [3.63, 3.8) is 0 Å². The van der Waals surface area contributed by atoms with E-state index in [1.54, 1.807) is 11.8 Å². The summed E-state index contributed by atoms with van der Waals surface area (Å²) in [5.41, 5.74) is 7.49. The van der Waals surface area contributed by atoms with Gasteiger partial charge in [-0.15, -0.1) is 11.8 Å². The number of thioether (sulfide) groups is 1. The fraction of sp³-hybridized carbons (Fsp3) is 0.188. The van der Waals surface area contributed by atoms with Gasteiger partial charge < -0.3 is 10.5 Å². The van der Waals surface area contributed by atoms with Gasteiger partial charge in [0, 0.05) is 9.37 Å². The number of benzene rings is 2. The second-order valence-corrected chi connectivity index (χ2v) is 6.65. The number of nitrogens with one attached hydrogen (secondary N) is 1. The average Bonchev–Trinajstić information content (AvgIpc) is 2.43. The summed E-state index contributed by atoms with van der Waals surface area (Å²) in [5, 5.41) is 7.81. The number of aryl methyl sites for hydroxylation is 1. The van der Waals surface area contributed by atoms with Crippen LogP contribution in [0.15, 0.2) is 45.8 Å². The third-order valence-electron chi connectivity index (χ3n) is 2.91. The maximum absolute atomic E-state index is 7.81. The van der Waals surface area contributed by atoms with E-state index in [1.165, 1.54) is 0 Å². The maximum atomic E-state index is 7.81. The Labute approximate surface area is 137 Å². The Balaban J connectivity index is 2.41. The third kappa shape index (κ3) is 3.80. The van der Waals surface area contributed by atoms with E-state index >= 15 is 0 Å². The smallest absolute Gasteiger partial charge is 0.139 e. The summed E-state index contributed by atoms with van der Waals surface area (Å²) in [7, 11) is 0. The predicted octanol–water partition coefficient (Wildman–Crippen LogP) is 4.95. The zero-order valence-corrected chi connectivity index (χ0v) is 14.3. The van der Waals surface area contributed by atoms with Crippen LogP contribution >= 0.6 is 27.7 Å². The van der Waals surface area contributed by atoms with Crippen molar-refractivity contribution in [2.45, 2.75) is 18.7 Å². The lowest BCUT2D eigenvalue weighted by atomic mass is 10.2. The van der Waals surface area contributed by atoms with E-state index in [1.807, 2.05) is 43.3 Å². The Morgan fingerprint density at radius 2 is 2.10 bits per heavy atom. The molecule has 2 rings (SSSR count). The van der Waals surface area contributed by atoms with Gasteiger partial charge in [-0.05, 0) is 48.6 Å². The van der Waals surface area contributed by atoms with Gasteiger partial charge in [0.25, 0.3) is 0 Å². The Kier molecular flexibility index (Phi) is 5.31. The number of hydrogen-bond acceptors (Lipinski definition) is 3.